The van der Waals surface area contributed by atoms with E-state index in [-0.39, 0.29) is 24.5 Å². The molecule has 3 aromatic rings. The number of ether oxygens (including phenoxy) is 2. The zero-order valence-electron chi connectivity index (χ0n) is 18.5. The second kappa shape index (κ2) is 10.7. The molecule has 0 unspecified atom stereocenters. The number of anilines is 2. The van der Waals surface area contributed by atoms with Crippen LogP contribution < -0.4 is 20.1 Å². The molecule has 0 aromatic heterocycles. The molecule has 1 heterocycles. The molecule has 1 atom stereocenters. The smallest absolute Gasteiger partial charge is 0.257 e. The molecule has 3 aromatic carbocycles. The largest absolute Gasteiger partial charge is 0.486 e. The average molecular weight is 446 g/mol. The van der Waals surface area contributed by atoms with E-state index in [1.54, 1.807) is 24.3 Å². The molecule has 0 fully saturated rings. The number of nitrogens with zero attached hydrogens (tertiary/aromatic N) is 1. The van der Waals surface area contributed by atoms with Gasteiger partial charge in [-0.2, -0.15) is 0 Å². The first kappa shape index (κ1) is 22.4. The zero-order valence-corrected chi connectivity index (χ0v) is 18.5. The number of carbonyl (C=O) groups excluding carboxylic acids is 2. The van der Waals surface area contributed by atoms with Gasteiger partial charge in [0.2, 0.25) is 5.91 Å². The van der Waals surface area contributed by atoms with Gasteiger partial charge < -0.3 is 20.1 Å². The average Bonchev–Trinajstić information content (AvgIpc) is 2.84. The van der Waals surface area contributed by atoms with Crippen molar-refractivity contribution in [3.05, 3.63) is 84.4 Å². The number of benzene rings is 3. The van der Waals surface area contributed by atoms with Gasteiger partial charge in [0, 0.05) is 12.2 Å². The molecule has 2 N–H and O–H groups in total. The lowest BCUT2D eigenvalue weighted by Crippen LogP contribution is -2.43. The lowest BCUT2D eigenvalue weighted by Gasteiger charge is -2.30. The van der Waals surface area contributed by atoms with Gasteiger partial charge in [-0.1, -0.05) is 49.4 Å². The highest BCUT2D eigenvalue weighted by Gasteiger charge is 2.24. The minimum absolute atomic E-state index is 0.170. The molecule has 1 aliphatic heterocycles. The fraction of sp³-hybridized carbons (Fsp3) is 0.231. The SMILES string of the molecule is CCN(CC(=O)Nc1ccccc1C(=O)Nc1ccccc1)C[C@@H]1COc2ccccc2O1. The van der Waals surface area contributed by atoms with Gasteiger partial charge in [-0.3, -0.25) is 14.5 Å². The van der Waals surface area contributed by atoms with Gasteiger partial charge in [0.1, 0.15) is 12.7 Å². The molecular weight excluding hydrogens is 418 g/mol. The monoisotopic (exact) mass is 445 g/mol. The van der Waals surface area contributed by atoms with Crippen LogP contribution in [0.2, 0.25) is 0 Å². The van der Waals surface area contributed by atoms with Crippen LogP contribution in [0.15, 0.2) is 78.9 Å². The van der Waals surface area contributed by atoms with Gasteiger partial charge in [0.25, 0.3) is 5.91 Å². The topological polar surface area (TPSA) is 79.9 Å². The molecule has 4 rings (SSSR count). The number of carbonyl (C=O) groups is 2. The lowest BCUT2D eigenvalue weighted by atomic mass is 10.1. The molecule has 170 valence electrons. The summed E-state index contributed by atoms with van der Waals surface area (Å²) in [5, 5.41) is 5.74. The molecule has 0 saturated carbocycles. The highest BCUT2D eigenvalue weighted by atomic mass is 16.6. The maximum absolute atomic E-state index is 12.8. The van der Waals surface area contributed by atoms with Crippen molar-refractivity contribution in [2.75, 3.05) is 36.9 Å². The summed E-state index contributed by atoms with van der Waals surface area (Å²) in [6.45, 7) is 3.82. The van der Waals surface area contributed by atoms with E-state index in [1.165, 1.54) is 0 Å². The Hall–Kier alpha value is -3.84. The molecule has 0 radical (unpaired) electrons. The van der Waals surface area contributed by atoms with Gasteiger partial charge in [0.05, 0.1) is 17.8 Å². The van der Waals surface area contributed by atoms with Crippen LogP contribution in [0.1, 0.15) is 17.3 Å². The number of para-hydroxylation sites is 4. The van der Waals surface area contributed by atoms with Crippen molar-refractivity contribution in [1.82, 2.24) is 4.90 Å². The van der Waals surface area contributed by atoms with E-state index in [9.17, 15) is 9.59 Å². The van der Waals surface area contributed by atoms with E-state index in [2.05, 4.69) is 10.6 Å². The molecule has 1 aliphatic rings. The minimum Gasteiger partial charge on any atom is -0.486 e. The Kier molecular flexibility index (Phi) is 7.22. The Bertz CT molecular complexity index is 1100. The van der Waals surface area contributed by atoms with E-state index in [0.717, 1.165) is 5.75 Å². The summed E-state index contributed by atoms with van der Waals surface area (Å²) in [7, 11) is 0. The third kappa shape index (κ3) is 5.90. The second-order valence-electron chi connectivity index (χ2n) is 7.74. The summed E-state index contributed by atoms with van der Waals surface area (Å²) < 4.78 is 11.8. The van der Waals surface area contributed by atoms with Gasteiger partial charge in [-0.05, 0) is 42.9 Å². The molecule has 7 nitrogen and oxygen atoms in total. The Morgan fingerprint density at radius 1 is 0.909 bits per heavy atom. The highest BCUT2D eigenvalue weighted by Crippen LogP contribution is 2.31. The first-order chi connectivity index (χ1) is 16.1. The van der Waals surface area contributed by atoms with Crippen LogP contribution in [-0.4, -0.2) is 49.1 Å². The van der Waals surface area contributed by atoms with Gasteiger partial charge in [-0.15, -0.1) is 0 Å². The van der Waals surface area contributed by atoms with Crippen LogP contribution in [0.4, 0.5) is 11.4 Å². The maximum atomic E-state index is 12.8. The van der Waals surface area contributed by atoms with Crippen molar-refractivity contribution < 1.29 is 19.1 Å². The molecule has 7 heteroatoms. The lowest BCUT2D eigenvalue weighted by molar-refractivity contribution is -0.117. The predicted octanol–water partition coefficient (Wildman–Crippen LogP) is 4.04. The van der Waals surface area contributed by atoms with Crippen molar-refractivity contribution in [2.45, 2.75) is 13.0 Å². The molecular formula is C26H27N3O4. The van der Waals surface area contributed by atoms with Crippen LogP contribution in [0, 0.1) is 0 Å². The third-order valence-electron chi connectivity index (χ3n) is 5.32. The summed E-state index contributed by atoms with van der Waals surface area (Å²) >= 11 is 0. The van der Waals surface area contributed by atoms with Crippen molar-refractivity contribution in [1.29, 1.82) is 0 Å². The summed E-state index contributed by atoms with van der Waals surface area (Å²) in [5.41, 5.74) is 1.56. The summed E-state index contributed by atoms with van der Waals surface area (Å²) in [6.07, 6.45) is -0.170. The van der Waals surface area contributed by atoms with E-state index in [0.29, 0.717) is 42.4 Å². The molecule has 33 heavy (non-hydrogen) atoms. The van der Waals surface area contributed by atoms with Crippen LogP contribution in [0.3, 0.4) is 0 Å². The molecule has 2 amide bonds. The van der Waals surface area contributed by atoms with E-state index >= 15 is 0 Å². The Balaban J connectivity index is 1.35. The van der Waals surface area contributed by atoms with Crippen molar-refractivity contribution >= 4 is 23.2 Å². The first-order valence-electron chi connectivity index (χ1n) is 11.0. The Morgan fingerprint density at radius 3 is 2.39 bits per heavy atom. The van der Waals surface area contributed by atoms with Gasteiger partial charge >= 0.3 is 0 Å². The van der Waals surface area contributed by atoms with Crippen LogP contribution >= 0.6 is 0 Å². The van der Waals surface area contributed by atoms with E-state index < -0.39 is 0 Å². The molecule has 0 spiro atoms. The summed E-state index contributed by atoms with van der Waals surface area (Å²) in [6, 6.07) is 23.7. The highest BCUT2D eigenvalue weighted by molar-refractivity contribution is 6.10. The Morgan fingerprint density at radius 2 is 1.61 bits per heavy atom. The standard InChI is InChI=1S/C26H27N3O4/c1-2-29(16-20-18-32-23-14-8-9-15-24(23)33-20)17-25(30)28-22-13-7-6-12-21(22)26(31)27-19-10-4-3-5-11-19/h3-15,20H,2,16-18H2,1H3,(H,27,31)(H,28,30)/t20-/m1/s1. The predicted molar refractivity (Wildman–Crippen MR) is 128 cm³/mol. The number of nitrogens with one attached hydrogen (secondary N) is 2. The van der Waals surface area contributed by atoms with Crippen molar-refractivity contribution in [2.24, 2.45) is 0 Å². The first-order valence-corrected chi connectivity index (χ1v) is 11.0. The summed E-state index contributed by atoms with van der Waals surface area (Å²) in [4.78, 5) is 27.5. The van der Waals surface area contributed by atoms with E-state index in [4.69, 9.17) is 9.47 Å². The van der Waals surface area contributed by atoms with Crippen molar-refractivity contribution in [3.63, 3.8) is 0 Å². The normalized spacial score (nSPS) is 14.5. The van der Waals surface area contributed by atoms with Crippen molar-refractivity contribution in [3.8, 4) is 11.5 Å². The summed E-state index contributed by atoms with van der Waals surface area (Å²) in [5.74, 6) is 0.970. The fourth-order valence-electron chi connectivity index (χ4n) is 3.65. The van der Waals surface area contributed by atoms with Crippen LogP contribution in [0.5, 0.6) is 11.5 Å². The maximum Gasteiger partial charge on any atom is 0.257 e. The number of hydrogen-bond donors (Lipinski definition) is 2. The van der Waals surface area contributed by atoms with Crippen LogP contribution in [0.25, 0.3) is 0 Å². The number of rotatable bonds is 8. The third-order valence-corrected chi connectivity index (χ3v) is 5.32. The molecule has 0 bridgehead atoms. The number of hydrogen-bond acceptors (Lipinski definition) is 5. The Labute approximate surface area is 193 Å². The number of likely N-dealkylation sites (N-methyl/N-ethyl adjacent to an activating group) is 1. The fourth-order valence-corrected chi connectivity index (χ4v) is 3.65. The van der Waals surface area contributed by atoms with Gasteiger partial charge in [-0.25, -0.2) is 0 Å². The zero-order chi connectivity index (χ0) is 23.0. The number of fused-ring (bicyclic) bond motifs is 1. The second-order valence-corrected chi connectivity index (χ2v) is 7.74. The quantitative estimate of drug-likeness (QED) is 0.547. The molecule has 0 aliphatic carbocycles. The van der Waals surface area contributed by atoms with Crippen LogP contribution in [-0.2, 0) is 4.79 Å². The van der Waals surface area contributed by atoms with E-state index in [1.807, 2.05) is 66.4 Å². The van der Waals surface area contributed by atoms with Gasteiger partial charge in [0.15, 0.2) is 11.5 Å². The minimum atomic E-state index is -0.282. The number of amides is 2. The molecule has 0 saturated heterocycles.